The summed E-state index contributed by atoms with van der Waals surface area (Å²) < 4.78 is 29.9. The Morgan fingerprint density at radius 1 is 1.15 bits per heavy atom. The lowest BCUT2D eigenvalue weighted by atomic mass is 10.1. The zero-order valence-corrected chi connectivity index (χ0v) is 16.6. The Morgan fingerprint density at radius 3 is 2.44 bits per heavy atom. The smallest absolute Gasteiger partial charge is 0.338 e. The maximum Gasteiger partial charge on any atom is 0.338 e. The number of benzene rings is 2. The van der Waals surface area contributed by atoms with Crippen LogP contribution in [0.3, 0.4) is 0 Å². The lowest BCUT2D eigenvalue weighted by molar-refractivity contribution is 0.0525. The second-order valence-corrected chi connectivity index (χ2v) is 7.88. The molecule has 144 valence electrons. The zero-order valence-electron chi connectivity index (χ0n) is 15.0. The van der Waals surface area contributed by atoms with Crippen molar-refractivity contribution in [2.24, 2.45) is 0 Å². The normalized spacial score (nSPS) is 11.0. The van der Waals surface area contributed by atoms with Crippen LogP contribution in [0.2, 0.25) is 5.02 Å². The minimum atomic E-state index is -3.48. The van der Waals surface area contributed by atoms with E-state index in [9.17, 15) is 18.0 Å². The molecule has 0 saturated carbocycles. The van der Waals surface area contributed by atoms with Gasteiger partial charge in [0.1, 0.15) is 0 Å². The molecule has 0 radical (unpaired) electrons. The second kappa shape index (κ2) is 8.41. The van der Waals surface area contributed by atoms with Gasteiger partial charge >= 0.3 is 5.97 Å². The number of hydrogen-bond acceptors (Lipinski definition) is 5. The van der Waals surface area contributed by atoms with Gasteiger partial charge in [-0.15, -0.1) is 0 Å². The Kier molecular flexibility index (Phi) is 6.45. The van der Waals surface area contributed by atoms with Crippen molar-refractivity contribution in [2.75, 3.05) is 22.9 Å². The fraction of sp³-hybridized carbons (Fsp3) is 0.222. The third-order valence-electron chi connectivity index (χ3n) is 3.60. The molecular weight excluding hydrogens is 392 g/mol. The number of carbonyl (C=O) groups excluding carboxylic acids is 2. The minimum absolute atomic E-state index is 0.0880. The van der Waals surface area contributed by atoms with E-state index in [2.05, 4.69) is 10.0 Å². The molecule has 0 unspecified atom stereocenters. The molecule has 27 heavy (non-hydrogen) atoms. The predicted octanol–water partition coefficient (Wildman–Crippen LogP) is 3.45. The number of halogens is 1. The Morgan fingerprint density at radius 2 is 1.85 bits per heavy atom. The first-order valence-corrected chi connectivity index (χ1v) is 10.2. The van der Waals surface area contributed by atoms with Gasteiger partial charge in [-0.1, -0.05) is 17.7 Å². The van der Waals surface area contributed by atoms with Crippen LogP contribution in [0.15, 0.2) is 36.4 Å². The number of sulfonamides is 1. The van der Waals surface area contributed by atoms with Crippen molar-refractivity contribution in [3.8, 4) is 0 Å². The summed E-state index contributed by atoms with van der Waals surface area (Å²) in [5.41, 5.74) is 1.81. The van der Waals surface area contributed by atoms with Gasteiger partial charge in [0, 0.05) is 11.3 Å². The topological polar surface area (TPSA) is 102 Å². The number of esters is 1. The summed E-state index contributed by atoms with van der Waals surface area (Å²) >= 11 is 6.05. The number of hydrogen-bond donors (Lipinski definition) is 2. The van der Waals surface area contributed by atoms with E-state index in [1.54, 1.807) is 32.0 Å². The number of amides is 1. The van der Waals surface area contributed by atoms with E-state index in [-0.39, 0.29) is 22.9 Å². The molecule has 0 saturated heterocycles. The average Bonchev–Trinajstić information content (AvgIpc) is 2.57. The number of anilines is 2. The summed E-state index contributed by atoms with van der Waals surface area (Å²) in [4.78, 5) is 24.5. The highest BCUT2D eigenvalue weighted by Crippen LogP contribution is 2.25. The summed E-state index contributed by atoms with van der Waals surface area (Å²) in [6.07, 6.45) is 1.00. The molecule has 2 rings (SSSR count). The first-order chi connectivity index (χ1) is 12.6. The van der Waals surface area contributed by atoms with Crippen molar-refractivity contribution >= 4 is 44.9 Å². The molecule has 0 fully saturated rings. The fourth-order valence-electron chi connectivity index (χ4n) is 2.33. The lowest BCUT2D eigenvalue weighted by Crippen LogP contribution is -2.15. The van der Waals surface area contributed by atoms with Gasteiger partial charge in [-0.25, -0.2) is 13.2 Å². The van der Waals surface area contributed by atoms with E-state index in [0.717, 1.165) is 6.26 Å². The highest BCUT2D eigenvalue weighted by molar-refractivity contribution is 7.92. The quantitative estimate of drug-likeness (QED) is 0.710. The van der Waals surface area contributed by atoms with E-state index < -0.39 is 21.9 Å². The van der Waals surface area contributed by atoms with Gasteiger partial charge in [-0.05, 0) is 49.7 Å². The Hall–Kier alpha value is -2.58. The number of ether oxygens (including phenoxy) is 1. The van der Waals surface area contributed by atoms with Gasteiger partial charge in [0.2, 0.25) is 10.0 Å². The van der Waals surface area contributed by atoms with Crippen molar-refractivity contribution in [2.45, 2.75) is 13.8 Å². The first kappa shape index (κ1) is 20.7. The van der Waals surface area contributed by atoms with Crippen LogP contribution in [-0.2, 0) is 14.8 Å². The van der Waals surface area contributed by atoms with Crippen molar-refractivity contribution in [3.05, 3.63) is 58.1 Å². The molecule has 0 bridgehead atoms. The molecule has 2 aromatic rings. The minimum Gasteiger partial charge on any atom is -0.462 e. The Labute approximate surface area is 162 Å². The predicted molar refractivity (Wildman–Crippen MR) is 105 cm³/mol. The van der Waals surface area contributed by atoms with Crippen LogP contribution in [0.25, 0.3) is 0 Å². The summed E-state index contributed by atoms with van der Waals surface area (Å²) in [6, 6.07) is 9.12. The van der Waals surface area contributed by atoms with Gasteiger partial charge in [-0.2, -0.15) is 0 Å². The average molecular weight is 411 g/mol. The third kappa shape index (κ3) is 5.45. The molecule has 2 aromatic carbocycles. The van der Waals surface area contributed by atoms with Gasteiger partial charge in [0.25, 0.3) is 5.91 Å². The second-order valence-electron chi connectivity index (χ2n) is 5.72. The number of nitrogens with one attached hydrogen (secondary N) is 2. The Bertz CT molecular complexity index is 989. The summed E-state index contributed by atoms with van der Waals surface area (Å²) in [5.74, 6) is -0.919. The number of rotatable bonds is 6. The first-order valence-electron chi connectivity index (χ1n) is 7.97. The van der Waals surface area contributed by atoms with E-state index in [0.29, 0.717) is 16.8 Å². The lowest BCUT2D eigenvalue weighted by Gasteiger charge is -2.13. The monoisotopic (exact) mass is 410 g/mol. The molecular formula is C18H19ClN2O5S. The van der Waals surface area contributed by atoms with E-state index in [1.807, 2.05) is 0 Å². The van der Waals surface area contributed by atoms with E-state index >= 15 is 0 Å². The largest absolute Gasteiger partial charge is 0.462 e. The zero-order chi connectivity index (χ0) is 20.2. The summed E-state index contributed by atoms with van der Waals surface area (Å²) in [7, 11) is -3.48. The molecule has 1 amide bonds. The van der Waals surface area contributed by atoms with Crippen LogP contribution in [-0.4, -0.2) is 33.2 Å². The van der Waals surface area contributed by atoms with E-state index in [4.69, 9.17) is 16.3 Å². The molecule has 0 aliphatic rings. The molecule has 0 aliphatic carbocycles. The van der Waals surface area contributed by atoms with Crippen molar-refractivity contribution in [3.63, 3.8) is 0 Å². The third-order valence-corrected chi connectivity index (χ3v) is 4.51. The highest BCUT2D eigenvalue weighted by atomic mass is 35.5. The summed E-state index contributed by atoms with van der Waals surface area (Å²) in [6.45, 7) is 3.67. The molecule has 0 atom stereocenters. The molecule has 2 N–H and O–H groups in total. The molecule has 7 nitrogen and oxygen atoms in total. The van der Waals surface area contributed by atoms with Crippen LogP contribution in [0.5, 0.6) is 0 Å². The standard InChI is InChI=1S/C18H19ClN2O5S/c1-4-26-18(23)13-6-5-7-15(11(13)2)20-17(22)12-8-9-16(14(19)10-12)21-27(3,24)25/h5-10,21H,4H2,1-3H3,(H,20,22). The van der Waals surface area contributed by atoms with Crippen LogP contribution in [0.4, 0.5) is 11.4 Å². The molecule has 0 heterocycles. The van der Waals surface area contributed by atoms with Gasteiger partial charge in [0.05, 0.1) is 29.1 Å². The van der Waals surface area contributed by atoms with Crippen molar-refractivity contribution in [1.82, 2.24) is 0 Å². The maximum atomic E-state index is 12.5. The number of carbonyl (C=O) groups is 2. The highest BCUT2D eigenvalue weighted by Gasteiger charge is 2.16. The van der Waals surface area contributed by atoms with Gasteiger partial charge < -0.3 is 10.1 Å². The fourth-order valence-corrected chi connectivity index (χ4v) is 3.20. The van der Waals surface area contributed by atoms with Gasteiger partial charge in [-0.3, -0.25) is 9.52 Å². The SMILES string of the molecule is CCOC(=O)c1cccc(NC(=O)c2ccc(NS(C)(=O)=O)c(Cl)c2)c1C. The molecule has 0 spiro atoms. The van der Waals surface area contributed by atoms with Crippen molar-refractivity contribution < 1.29 is 22.7 Å². The van der Waals surface area contributed by atoms with Crippen LogP contribution >= 0.6 is 11.6 Å². The molecule has 0 aromatic heterocycles. The molecule has 0 aliphatic heterocycles. The van der Waals surface area contributed by atoms with Crippen LogP contribution < -0.4 is 10.0 Å². The molecule has 9 heteroatoms. The summed E-state index contributed by atoms with van der Waals surface area (Å²) in [5, 5.41) is 2.80. The Balaban J connectivity index is 2.24. The van der Waals surface area contributed by atoms with Gasteiger partial charge in [0.15, 0.2) is 0 Å². The maximum absolute atomic E-state index is 12.5. The van der Waals surface area contributed by atoms with E-state index in [1.165, 1.54) is 18.2 Å². The van der Waals surface area contributed by atoms with Crippen molar-refractivity contribution in [1.29, 1.82) is 0 Å². The van der Waals surface area contributed by atoms with Crippen LogP contribution in [0, 0.1) is 6.92 Å². The van der Waals surface area contributed by atoms with Crippen LogP contribution in [0.1, 0.15) is 33.2 Å².